The molecule has 1 heterocycles. The number of amides is 1. The average molecular weight is 251 g/mol. The Hall–Kier alpha value is -1.00. The Kier molecular flexibility index (Phi) is 4.07. The highest BCUT2D eigenvalue weighted by Gasteiger charge is 2.28. The van der Waals surface area contributed by atoms with Crippen molar-refractivity contribution < 1.29 is 9.90 Å². The molecule has 0 radical (unpaired) electrons. The number of carbonyl (C=O) groups is 1. The summed E-state index contributed by atoms with van der Waals surface area (Å²) in [7, 11) is 0. The number of carbonyl (C=O) groups excluding carboxylic acids is 1. The molecule has 1 aliphatic rings. The summed E-state index contributed by atoms with van der Waals surface area (Å²) in [5.41, 5.74) is 1.93. The maximum atomic E-state index is 11.8. The summed E-state index contributed by atoms with van der Waals surface area (Å²) in [5, 5.41) is 9.24. The van der Waals surface area contributed by atoms with E-state index in [0.717, 1.165) is 23.4 Å². The molecule has 1 aliphatic heterocycles. The molecule has 2 rings (SSSR count). The van der Waals surface area contributed by atoms with Crippen molar-refractivity contribution in [3.63, 3.8) is 0 Å². The molecule has 1 unspecified atom stereocenters. The summed E-state index contributed by atoms with van der Waals surface area (Å²) in [6.07, 6.45) is 0.602. The fourth-order valence-electron chi connectivity index (χ4n) is 2.20. The number of aliphatic hydroxyl groups is 1. The number of rotatable bonds is 4. The number of thiol groups is 1. The van der Waals surface area contributed by atoms with E-state index in [1.807, 2.05) is 29.2 Å². The molecule has 1 atom stereocenters. The van der Waals surface area contributed by atoms with Gasteiger partial charge in [0.15, 0.2) is 0 Å². The van der Waals surface area contributed by atoms with Gasteiger partial charge in [-0.2, -0.15) is 12.6 Å². The van der Waals surface area contributed by atoms with Crippen molar-refractivity contribution in [2.45, 2.75) is 19.6 Å². The molecule has 1 amide bonds. The van der Waals surface area contributed by atoms with Crippen molar-refractivity contribution in [2.24, 2.45) is 5.92 Å². The molecule has 1 aromatic carbocycles. The first-order valence-corrected chi connectivity index (χ1v) is 6.44. The van der Waals surface area contributed by atoms with Gasteiger partial charge in [0.1, 0.15) is 0 Å². The van der Waals surface area contributed by atoms with Crippen LogP contribution in [-0.4, -0.2) is 28.2 Å². The molecule has 92 valence electrons. The van der Waals surface area contributed by atoms with Gasteiger partial charge >= 0.3 is 0 Å². The third-order valence-electron chi connectivity index (χ3n) is 3.20. The lowest BCUT2D eigenvalue weighted by Gasteiger charge is -2.18. The molecule has 4 heteroatoms. The Morgan fingerprint density at radius 3 is 2.65 bits per heavy atom. The molecule has 0 aromatic heterocycles. The molecule has 1 saturated heterocycles. The Morgan fingerprint density at radius 1 is 1.35 bits per heavy atom. The van der Waals surface area contributed by atoms with Crippen LogP contribution in [0.3, 0.4) is 0 Å². The normalized spacial score (nSPS) is 20.0. The Balaban J connectivity index is 2.08. The first-order valence-electron chi connectivity index (χ1n) is 5.81. The number of hydrogen-bond donors (Lipinski definition) is 2. The van der Waals surface area contributed by atoms with Crippen LogP contribution in [0.1, 0.15) is 17.5 Å². The molecule has 0 bridgehead atoms. The summed E-state index contributed by atoms with van der Waals surface area (Å²) in [6.45, 7) is 1.40. The number of benzene rings is 1. The SMILES string of the molecule is O=C1CC(CS)CN1Cc1ccccc1CO. The quantitative estimate of drug-likeness (QED) is 0.795. The molecule has 3 nitrogen and oxygen atoms in total. The van der Waals surface area contributed by atoms with E-state index in [-0.39, 0.29) is 12.5 Å². The monoisotopic (exact) mass is 251 g/mol. The van der Waals surface area contributed by atoms with Gasteiger partial charge in [-0.3, -0.25) is 4.79 Å². The van der Waals surface area contributed by atoms with Crippen LogP contribution in [0.25, 0.3) is 0 Å². The highest BCUT2D eigenvalue weighted by atomic mass is 32.1. The summed E-state index contributed by atoms with van der Waals surface area (Å²) in [5.74, 6) is 1.31. The van der Waals surface area contributed by atoms with Crippen molar-refractivity contribution >= 4 is 18.5 Å². The molecule has 17 heavy (non-hydrogen) atoms. The largest absolute Gasteiger partial charge is 0.392 e. The van der Waals surface area contributed by atoms with Crippen molar-refractivity contribution in [3.8, 4) is 0 Å². The predicted octanol–water partition coefficient (Wildman–Crippen LogP) is 1.46. The third-order valence-corrected chi connectivity index (χ3v) is 3.72. The maximum Gasteiger partial charge on any atom is 0.223 e. The van der Waals surface area contributed by atoms with Gasteiger partial charge in [-0.15, -0.1) is 0 Å². The van der Waals surface area contributed by atoms with E-state index in [1.54, 1.807) is 0 Å². The fraction of sp³-hybridized carbons (Fsp3) is 0.462. The van der Waals surface area contributed by atoms with Gasteiger partial charge in [-0.25, -0.2) is 0 Å². The maximum absolute atomic E-state index is 11.8. The van der Waals surface area contributed by atoms with Crippen molar-refractivity contribution in [2.75, 3.05) is 12.3 Å². The molecular weight excluding hydrogens is 234 g/mol. The van der Waals surface area contributed by atoms with Crippen LogP contribution >= 0.6 is 12.6 Å². The molecule has 1 fully saturated rings. The topological polar surface area (TPSA) is 40.5 Å². The minimum Gasteiger partial charge on any atom is -0.392 e. The number of hydrogen-bond acceptors (Lipinski definition) is 3. The van der Waals surface area contributed by atoms with Gasteiger partial charge in [0.05, 0.1) is 6.61 Å². The van der Waals surface area contributed by atoms with Gasteiger partial charge in [0.25, 0.3) is 0 Å². The first kappa shape index (κ1) is 12.5. The first-order chi connectivity index (χ1) is 8.24. The highest BCUT2D eigenvalue weighted by Crippen LogP contribution is 2.22. The van der Waals surface area contributed by atoms with Gasteiger partial charge in [0, 0.05) is 19.5 Å². The zero-order valence-electron chi connectivity index (χ0n) is 9.67. The third kappa shape index (κ3) is 2.82. The standard InChI is InChI=1S/C13H17NO2S/c15-8-12-4-2-1-3-11(12)7-14-6-10(9-17)5-13(14)16/h1-4,10,15,17H,5-9H2. The average Bonchev–Trinajstić information content (AvgIpc) is 2.71. The number of aliphatic hydroxyl groups excluding tert-OH is 1. The zero-order chi connectivity index (χ0) is 12.3. The molecular formula is C13H17NO2S. The van der Waals surface area contributed by atoms with Crippen LogP contribution < -0.4 is 0 Å². The highest BCUT2D eigenvalue weighted by molar-refractivity contribution is 7.80. The summed E-state index contributed by atoms with van der Waals surface area (Å²) < 4.78 is 0. The van der Waals surface area contributed by atoms with Crippen LogP contribution in [0.5, 0.6) is 0 Å². The van der Waals surface area contributed by atoms with Crippen LogP contribution in [0, 0.1) is 5.92 Å². The fourth-order valence-corrected chi connectivity index (χ4v) is 2.45. The lowest BCUT2D eigenvalue weighted by molar-refractivity contribution is -0.128. The summed E-state index contributed by atoms with van der Waals surface area (Å²) >= 11 is 4.24. The van der Waals surface area contributed by atoms with Crippen LogP contribution in [0.4, 0.5) is 0 Å². The van der Waals surface area contributed by atoms with Crippen molar-refractivity contribution in [1.82, 2.24) is 4.90 Å². The second kappa shape index (κ2) is 5.56. The van der Waals surface area contributed by atoms with E-state index in [2.05, 4.69) is 12.6 Å². The van der Waals surface area contributed by atoms with E-state index in [9.17, 15) is 9.90 Å². The molecule has 0 aliphatic carbocycles. The van der Waals surface area contributed by atoms with Crippen LogP contribution in [0.15, 0.2) is 24.3 Å². The minimum absolute atomic E-state index is 0.0220. The molecule has 0 spiro atoms. The van der Waals surface area contributed by atoms with Gasteiger partial charge in [0.2, 0.25) is 5.91 Å². The van der Waals surface area contributed by atoms with E-state index in [1.165, 1.54) is 0 Å². The second-order valence-electron chi connectivity index (χ2n) is 4.45. The molecule has 0 saturated carbocycles. The lowest BCUT2D eigenvalue weighted by Crippen LogP contribution is -2.25. The Morgan fingerprint density at radius 2 is 2.06 bits per heavy atom. The molecule has 1 N–H and O–H groups in total. The van der Waals surface area contributed by atoms with Crippen LogP contribution in [0.2, 0.25) is 0 Å². The van der Waals surface area contributed by atoms with E-state index in [4.69, 9.17) is 0 Å². The Bertz CT molecular complexity index is 408. The van der Waals surface area contributed by atoms with Crippen molar-refractivity contribution in [3.05, 3.63) is 35.4 Å². The number of likely N-dealkylation sites (tertiary alicyclic amines) is 1. The summed E-state index contributed by atoms with van der Waals surface area (Å²) in [4.78, 5) is 13.6. The van der Waals surface area contributed by atoms with Gasteiger partial charge in [-0.05, 0) is 22.8 Å². The number of nitrogens with zero attached hydrogens (tertiary/aromatic N) is 1. The minimum atomic E-state index is 0.0220. The van der Waals surface area contributed by atoms with E-state index >= 15 is 0 Å². The zero-order valence-corrected chi connectivity index (χ0v) is 10.6. The summed E-state index contributed by atoms with van der Waals surface area (Å²) in [6, 6.07) is 7.70. The van der Waals surface area contributed by atoms with E-state index in [0.29, 0.717) is 18.9 Å². The van der Waals surface area contributed by atoms with Crippen molar-refractivity contribution in [1.29, 1.82) is 0 Å². The van der Waals surface area contributed by atoms with E-state index < -0.39 is 0 Å². The van der Waals surface area contributed by atoms with Gasteiger partial charge in [-0.1, -0.05) is 24.3 Å². The Labute approximate surface area is 107 Å². The van der Waals surface area contributed by atoms with Crippen LogP contribution in [-0.2, 0) is 17.9 Å². The predicted molar refractivity (Wildman–Crippen MR) is 69.7 cm³/mol. The smallest absolute Gasteiger partial charge is 0.223 e. The second-order valence-corrected chi connectivity index (χ2v) is 4.82. The lowest BCUT2D eigenvalue weighted by atomic mass is 10.1. The van der Waals surface area contributed by atoms with Gasteiger partial charge < -0.3 is 10.0 Å². The molecule has 1 aromatic rings.